The highest BCUT2D eigenvalue weighted by molar-refractivity contribution is 4.96. The summed E-state index contributed by atoms with van der Waals surface area (Å²) in [6.07, 6.45) is -10.5. The van der Waals surface area contributed by atoms with Crippen LogP contribution < -0.4 is 0 Å². The van der Waals surface area contributed by atoms with Crippen LogP contribution in [0.3, 0.4) is 0 Å². The molecule has 0 aromatic carbocycles. The summed E-state index contributed by atoms with van der Waals surface area (Å²) in [5.41, 5.74) is 0. The minimum atomic E-state index is -1.65. The van der Waals surface area contributed by atoms with Gasteiger partial charge in [0, 0.05) is 0 Å². The maximum absolute atomic E-state index is 9.57. The maximum Gasteiger partial charge on any atom is 0.115 e. The number of aliphatic hydroxyl groups excluding tert-OH is 7. The van der Waals surface area contributed by atoms with E-state index < -0.39 is 55.9 Å². The molecule has 7 N–H and O–H groups in total. The first-order valence-corrected chi connectivity index (χ1v) is 5.21. The number of hydrogen-bond acceptors (Lipinski definition) is 8. The van der Waals surface area contributed by atoms with Gasteiger partial charge in [-0.05, 0) is 0 Å². The molecule has 1 heterocycles. The van der Waals surface area contributed by atoms with E-state index in [4.69, 9.17) is 14.9 Å². The van der Waals surface area contributed by atoms with Crippen molar-refractivity contribution in [2.75, 3.05) is 13.2 Å². The molecule has 0 aromatic heterocycles. The minimum Gasteiger partial charge on any atom is -0.394 e. The van der Waals surface area contributed by atoms with Gasteiger partial charge >= 0.3 is 0 Å². The lowest BCUT2D eigenvalue weighted by atomic mass is 9.91. The smallest absolute Gasteiger partial charge is 0.115 e. The molecule has 8 nitrogen and oxygen atoms in total. The molecule has 1 fully saturated rings. The molecule has 8 heteroatoms. The predicted octanol–water partition coefficient (Wildman–Crippen LogP) is -4.46. The molecule has 0 amide bonds. The van der Waals surface area contributed by atoms with E-state index in [2.05, 4.69) is 0 Å². The lowest BCUT2D eigenvalue weighted by molar-refractivity contribution is -0.258. The Morgan fingerprint density at radius 3 is 2.00 bits per heavy atom. The summed E-state index contributed by atoms with van der Waals surface area (Å²) in [6, 6.07) is 0. The summed E-state index contributed by atoms with van der Waals surface area (Å²) in [5, 5.41) is 64.8. The Morgan fingerprint density at radius 1 is 0.941 bits per heavy atom. The van der Waals surface area contributed by atoms with Crippen molar-refractivity contribution in [2.24, 2.45) is 0 Å². The molecule has 17 heavy (non-hydrogen) atoms. The molecule has 102 valence electrons. The van der Waals surface area contributed by atoms with Gasteiger partial charge in [-0.15, -0.1) is 0 Å². The zero-order chi connectivity index (χ0) is 13.2. The van der Waals surface area contributed by atoms with Crippen molar-refractivity contribution in [3.63, 3.8) is 0 Å². The standard InChI is InChI=1S/C9H18O8/c10-1-3(12)5(13)9-8(16)7(15)6(14)4(2-11)17-9/h3-16H,1-2H2/t3?,4-,5?,6+,7+,8-,9-/m1/s1. The topological polar surface area (TPSA) is 151 Å². The Kier molecular flexibility index (Phi) is 5.22. The molecule has 1 saturated heterocycles. The van der Waals surface area contributed by atoms with Crippen molar-refractivity contribution in [1.82, 2.24) is 0 Å². The molecule has 1 aliphatic rings. The van der Waals surface area contributed by atoms with E-state index in [9.17, 15) is 25.5 Å². The highest BCUT2D eigenvalue weighted by Gasteiger charge is 2.47. The molecule has 1 aliphatic heterocycles. The summed E-state index contributed by atoms with van der Waals surface area (Å²) in [7, 11) is 0. The third-order valence-electron chi connectivity index (χ3n) is 2.85. The zero-order valence-electron chi connectivity index (χ0n) is 8.99. The van der Waals surface area contributed by atoms with Gasteiger partial charge in [0.15, 0.2) is 0 Å². The average Bonchev–Trinajstić information content (AvgIpc) is 2.34. The summed E-state index contributed by atoms with van der Waals surface area (Å²) in [6.45, 7) is -1.38. The molecule has 0 aliphatic carbocycles. The van der Waals surface area contributed by atoms with Gasteiger partial charge in [-0.25, -0.2) is 0 Å². The predicted molar refractivity (Wildman–Crippen MR) is 52.9 cm³/mol. The van der Waals surface area contributed by atoms with Gasteiger partial charge in [-0.3, -0.25) is 0 Å². The first-order chi connectivity index (χ1) is 7.93. The normalized spacial score (nSPS) is 42.2. The highest BCUT2D eigenvalue weighted by Crippen LogP contribution is 2.24. The van der Waals surface area contributed by atoms with Crippen molar-refractivity contribution in [3.8, 4) is 0 Å². The van der Waals surface area contributed by atoms with Crippen LogP contribution in [0.25, 0.3) is 0 Å². The third kappa shape index (κ3) is 2.92. The van der Waals surface area contributed by atoms with E-state index in [1.165, 1.54) is 0 Å². The fraction of sp³-hybridized carbons (Fsp3) is 1.00. The van der Waals surface area contributed by atoms with Gasteiger partial charge in [0.25, 0.3) is 0 Å². The molecular weight excluding hydrogens is 236 g/mol. The average molecular weight is 254 g/mol. The zero-order valence-corrected chi connectivity index (χ0v) is 8.99. The van der Waals surface area contributed by atoms with Crippen molar-refractivity contribution in [3.05, 3.63) is 0 Å². The summed E-state index contributed by atoms with van der Waals surface area (Å²) in [4.78, 5) is 0. The van der Waals surface area contributed by atoms with E-state index in [0.29, 0.717) is 0 Å². The second kappa shape index (κ2) is 6.03. The van der Waals surface area contributed by atoms with E-state index in [1.54, 1.807) is 0 Å². The van der Waals surface area contributed by atoms with Crippen LogP contribution in [-0.2, 0) is 4.74 Å². The Morgan fingerprint density at radius 2 is 1.53 bits per heavy atom. The van der Waals surface area contributed by atoms with Crippen LogP contribution in [-0.4, -0.2) is 91.7 Å². The van der Waals surface area contributed by atoms with Gasteiger partial charge in [-0.1, -0.05) is 0 Å². The second-order valence-corrected chi connectivity index (χ2v) is 4.03. The van der Waals surface area contributed by atoms with Gasteiger partial charge in [0.05, 0.1) is 13.2 Å². The number of hydrogen-bond donors (Lipinski definition) is 7. The molecule has 0 radical (unpaired) electrons. The largest absolute Gasteiger partial charge is 0.394 e. The first-order valence-electron chi connectivity index (χ1n) is 5.21. The number of rotatable bonds is 4. The van der Waals surface area contributed by atoms with Crippen LogP contribution in [0.1, 0.15) is 0 Å². The first kappa shape index (κ1) is 14.7. The SMILES string of the molecule is OCC(O)C(O)[C@H]1O[C@H](CO)[C@H](O)[C@H](O)[C@H]1O. The van der Waals surface area contributed by atoms with E-state index in [0.717, 1.165) is 0 Å². The summed E-state index contributed by atoms with van der Waals surface area (Å²) < 4.78 is 4.98. The van der Waals surface area contributed by atoms with Crippen LogP contribution in [0.2, 0.25) is 0 Å². The summed E-state index contributed by atoms with van der Waals surface area (Å²) in [5.74, 6) is 0. The van der Waals surface area contributed by atoms with Crippen LogP contribution in [0, 0.1) is 0 Å². The maximum atomic E-state index is 9.57. The van der Waals surface area contributed by atoms with Gasteiger partial charge < -0.3 is 40.5 Å². The van der Waals surface area contributed by atoms with Crippen LogP contribution in [0.4, 0.5) is 0 Å². The quantitative estimate of drug-likeness (QED) is 0.265. The van der Waals surface area contributed by atoms with Crippen molar-refractivity contribution in [1.29, 1.82) is 0 Å². The Labute approximate surface area is 97.3 Å². The van der Waals surface area contributed by atoms with Crippen LogP contribution in [0.15, 0.2) is 0 Å². The molecule has 0 aromatic rings. The lowest BCUT2D eigenvalue weighted by Crippen LogP contribution is -2.63. The molecule has 1 rings (SSSR count). The Balaban J connectivity index is 2.78. The molecule has 0 bridgehead atoms. The monoisotopic (exact) mass is 254 g/mol. The second-order valence-electron chi connectivity index (χ2n) is 4.03. The number of ether oxygens (including phenoxy) is 1. The van der Waals surface area contributed by atoms with E-state index in [1.807, 2.05) is 0 Å². The van der Waals surface area contributed by atoms with Crippen LogP contribution >= 0.6 is 0 Å². The highest BCUT2D eigenvalue weighted by atomic mass is 16.6. The summed E-state index contributed by atoms with van der Waals surface area (Å²) >= 11 is 0. The van der Waals surface area contributed by atoms with Crippen LogP contribution in [0.5, 0.6) is 0 Å². The fourth-order valence-electron chi connectivity index (χ4n) is 1.74. The third-order valence-corrected chi connectivity index (χ3v) is 2.85. The Hall–Kier alpha value is -0.320. The van der Waals surface area contributed by atoms with Gasteiger partial charge in [0.2, 0.25) is 0 Å². The van der Waals surface area contributed by atoms with E-state index in [-0.39, 0.29) is 0 Å². The van der Waals surface area contributed by atoms with Gasteiger partial charge in [0.1, 0.15) is 42.7 Å². The van der Waals surface area contributed by atoms with Crippen molar-refractivity contribution in [2.45, 2.75) is 42.7 Å². The number of aliphatic hydroxyl groups is 7. The molecular formula is C9H18O8. The van der Waals surface area contributed by atoms with Crippen molar-refractivity contribution >= 4 is 0 Å². The molecule has 0 saturated carbocycles. The minimum absolute atomic E-state index is 0.622. The van der Waals surface area contributed by atoms with Crippen molar-refractivity contribution < 1.29 is 40.5 Å². The van der Waals surface area contributed by atoms with Gasteiger partial charge in [-0.2, -0.15) is 0 Å². The molecule has 0 spiro atoms. The molecule has 7 atom stereocenters. The molecule has 2 unspecified atom stereocenters. The van der Waals surface area contributed by atoms with E-state index >= 15 is 0 Å². The Bertz CT molecular complexity index is 231. The fourth-order valence-corrected chi connectivity index (χ4v) is 1.74. The lowest BCUT2D eigenvalue weighted by Gasteiger charge is -2.42.